The van der Waals surface area contributed by atoms with E-state index in [4.69, 9.17) is 5.11 Å². The van der Waals surface area contributed by atoms with Crippen LogP contribution in [0.15, 0.2) is 12.2 Å². The van der Waals surface area contributed by atoms with Gasteiger partial charge in [-0.1, -0.05) is 135 Å². The topological polar surface area (TPSA) is 37.3 Å². The van der Waals surface area contributed by atoms with Crippen molar-refractivity contribution in [2.75, 3.05) is 0 Å². The van der Waals surface area contributed by atoms with E-state index in [0.29, 0.717) is 6.42 Å². The van der Waals surface area contributed by atoms with Crippen LogP contribution < -0.4 is 0 Å². The molecule has 0 heterocycles. The summed E-state index contributed by atoms with van der Waals surface area (Å²) in [6, 6.07) is 0. The summed E-state index contributed by atoms with van der Waals surface area (Å²) in [5.74, 6) is -0.651. The van der Waals surface area contributed by atoms with Crippen LogP contribution in [0.2, 0.25) is 0 Å². The Morgan fingerprint density at radius 2 is 0.828 bits per heavy atom. The molecule has 0 aliphatic rings. The van der Waals surface area contributed by atoms with Crippen molar-refractivity contribution in [1.82, 2.24) is 0 Å². The van der Waals surface area contributed by atoms with Crippen molar-refractivity contribution in [3.63, 3.8) is 0 Å². The number of carboxylic acid groups (broad SMARTS) is 1. The lowest BCUT2D eigenvalue weighted by atomic mass is 10.0. The fourth-order valence-electron chi connectivity index (χ4n) is 3.92. The van der Waals surface area contributed by atoms with E-state index in [2.05, 4.69) is 19.1 Å². The van der Waals surface area contributed by atoms with Crippen LogP contribution in [0, 0.1) is 0 Å². The Balaban J connectivity index is 3.03. The molecule has 2 nitrogen and oxygen atoms in total. The normalized spacial score (nSPS) is 11.5. The molecule has 0 unspecified atom stereocenters. The third kappa shape index (κ3) is 27.2. The number of aliphatic carboxylic acids is 1. The molecule has 0 rings (SSSR count). The molecule has 1 N–H and O–H groups in total. The highest BCUT2D eigenvalue weighted by Crippen LogP contribution is 2.15. The SMILES string of the molecule is CCCCC=CCCCCCCCCCCCCCCCCCCCCC(=O)O. The van der Waals surface area contributed by atoms with Crippen molar-refractivity contribution in [3.05, 3.63) is 12.2 Å². The molecule has 0 spiro atoms. The summed E-state index contributed by atoms with van der Waals surface area (Å²) in [5.41, 5.74) is 0. The molecular formula is C27H52O2. The van der Waals surface area contributed by atoms with Gasteiger partial charge in [0, 0.05) is 6.42 Å². The first kappa shape index (κ1) is 28.2. The lowest BCUT2D eigenvalue weighted by Crippen LogP contribution is -1.93. The van der Waals surface area contributed by atoms with Crippen LogP contribution in [0.5, 0.6) is 0 Å². The van der Waals surface area contributed by atoms with Crippen molar-refractivity contribution < 1.29 is 9.90 Å². The van der Waals surface area contributed by atoms with Gasteiger partial charge in [0.1, 0.15) is 0 Å². The van der Waals surface area contributed by atoms with Crippen LogP contribution in [0.3, 0.4) is 0 Å². The second kappa shape index (κ2) is 25.2. The molecule has 0 fully saturated rings. The molecule has 0 aliphatic carbocycles. The second-order valence-electron chi connectivity index (χ2n) is 8.91. The summed E-state index contributed by atoms with van der Waals surface area (Å²) in [7, 11) is 0. The largest absolute Gasteiger partial charge is 0.481 e. The average molecular weight is 409 g/mol. The summed E-state index contributed by atoms with van der Waals surface area (Å²) in [5, 5.41) is 8.59. The Morgan fingerprint density at radius 1 is 0.517 bits per heavy atom. The van der Waals surface area contributed by atoms with Crippen LogP contribution in [-0.4, -0.2) is 11.1 Å². The lowest BCUT2D eigenvalue weighted by molar-refractivity contribution is -0.137. The van der Waals surface area contributed by atoms with Gasteiger partial charge in [0.2, 0.25) is 0 Å². The molecule has 2 heteroatoms. The lowest BCUT2D eigenvalue weighted by Gasteiger charge is -2.04. The Kier molecular flexibility index (Phi) is 24.6. The maximum atomic E-state index is 10.4. The molecule has 0 radical (unpaired) electrons. The first-order chi connectivity index (χ1) is 14.3. The van der Waals surface area contributed by atoms with Crippen molar-refractivity contribution in [2.24, 2.45) is 0 Å². The van der Waals surface area contributed by atoms with Crippen molar-refractivity contribution in [3.8, 4) is 0 Å². The van der Waals surface area contributed by atoms with Crippen LogP contribution in [-0.2, 0) is 4.79 Å². The van der Waals surface area contributed by atoms with Crippen LogP contribution in [0.4, 0.5) is 0 Å². The summed E-state index contributed by atoms with van der Waals surface area (Å²) < 4.78 is 0. The molecule has 0 atom stereocenters. The predicted molar refractivity (Wildman–Crippen MR) is 129 cm³/mol. The first-order valence-electron chi connectivity index (χ1n) is 13.1. The molecule has 0 amide bonds. The van der Waals surface area contributed by atoms with E-state index in [1.54, 1.807) is 0 Å². The van der Waals surface area contributed by atoms with Gasteiger partial charge in [-0.3, -0.25) is 4.79 Å². The van der Waals surface area contributed by atoms with Gasteiger partial charge in [0.05, 0.1) is 0 Å². The molecule has 0 aromatic heterocycles. The molecule has 0 aromatic rings. The molecule has 0 bridgehead atoms. The molecule has 0 aliphatic heterocycles. The Morgan fingerprint density at radius 3 is 1.17 bits per heavy atom. The summed E-state index contributed by atoms with van der Waals surface area (Å²) in [6.45, 7) is 2.26. The van der Waals surface area contributed by atoms with Crippen molar-refractivity contribution >= 4 is 5.97 Å². The zero-order valence-corrected chi connectivity index (χ0v) is 19.8. The maximum Gasteiger partial charge on any atom is 0.303 e. The Hall–Kier alpha value is -0.790. The number of hydrogen-bond acceptors (Lipinski definition) is 1. The van der Waals surface area contributed by atoms with Crippen molar-refractivity contribution in [2.45, 2.75) is 155 Å². The van der Waals surface area contributed by atoms with Gasteiger partial charge >= 0.3 is 5.97 Å². The van der Waals surface area contributed by atoms with E-state index in [9.17, 15) is 4.79 Å². The van der Waals surface area contributed by atoms with E-state index >= 15 is 0 Å². The Labute approximate surface area is 182 Å². The fourth-order valence-corrected chi connectivity index (χ4v) is 3.92. The number of hydrogen-bond donors (Lipinski definition) is 1. The minimum Gasteiger partial charge on any atom is -0.481 e. The Bertz CT molecular complexity index is 348. The highest BCUT2D eigenvalue weighted by atomic mass is 16.4. The van der Waals surface area contributed by atoms with Gasteiger partial charge in [-0.05, 0) is 25.7 Å². The van der Waals surface area contributed by atoms with Gasteiger partial charge < -0.3 is 5.11 Å². The van der Waals surface area contributed by atoms with Crippen LogP contribution >= 0.6 is 0 Å². The molecule has 0 saturated heterocycles. The number of allylic oxidation sites excluding steroid dienone is 2. The first-order valence-corrected chi connectivity index (χ1v) is 13.1. The van der Waals surface area contributed by atoms with E-state index in [0.717, 1.165) is 12.8 Å². The van der Waals surface area contributed by atoms with Crippen molar-refractivity contribution in [1.29, 1.82) is 0 Å². The summed E-state index contributed by atoms with van der Waals surface area (Å²) >= 11 is 0. The van der Waals surface area contributed by atoms with Crippen LogP contribution in [0.1, 0.15) is 155 Å². The highest BCUT2D eigenvalue weighted by Gasteiger charge is 1.97. The number of carboxylic acids is 1. The zero-order valence-electron chi connectivity index (χ0n) is 19.8. The third-order valence-electron chi connectivity index (χ3n) is 5.90. The highest BCUT2D eigenvalue weighted by molar-refractivity contribution is 5.66. The minimum absolute atomic E-state index is 0.344. The van der Waals surface area contributed by atoms with E-state index < -0.39 is 5.97 Å². The number of unbranched alkanes of at least 4 members (excludes halogenated alkanes) is 20. The van der Waals surface area contributed by atoms with Crippen LogP contribution in [0.25, 0.3) is 0 Å². The van der Waals surface area contributed by atoms with Gasteiger partial charge in [-0.15, -0.1) is 0 Å². The van der Waals surface area contributed by atoms with E-state index in [1.165, 1.54) is 128 Å². The minimum atomic E-state index is -0.651. The molecular weight excluding hydrogens is 356 g/mol. The van der Waals surface area contributed by atoms with Gasteiger partial charge in [0.15, 0.2) is 0 Å². The molecule has 172 valence electrons. The predicted octanol–water partition coefficient (Wildman–Crippen LogP) is 9.62. The monoisotopic (exact) mass is 408 g/mol. The molecule has 29 heavy (non-hydrogen) atoms. The zero-order chi connectivity index (χ0) is 21.3. The van der Waals surface area contributed by atoms with Gasteiger partial charge in [0.25, 0.3) is 0 Å². The number of rotatable bonds is 24. The smallest absolute Gasteiger partial charge is 0.303 e. The quantitative estimate of drug-likeness (QED) is 0.127. The standard InChI is InChI=1S/C27H52O2/c1-2-3-4-5-6-7-8-9-10-11-12-13-14-15-16-17-18-19-20-21-22-23-24-25-26-27(28)29/h5-6H,2-4,7-26H2,1H3,(H,28,29). The van der Waals surface area contributed by atoms with Gasteiger partial charge in [-0.25, -0.2) is 0 Å². The second-order valence-corrected chi connectivity index (χ2v) is 8.91. The summed E-state index contributed by atoms with van der Waals surface area (Å²) in [4.78, 5) is 10.4. The summed E-state index contributed by atoms with van der Waals surface area (Å²) in [6.07, 6.45) is 34.5. The maximum absolute atomic E-state index is 10.4. The van der Waals surface area contributed by atoms with Gasteiger partial charge in [-0.2, -0.15) is 0 Å². The van der Waals surface area contributed by atoms with E-state index in [1.807, 2.05) is 0 Å². The molecule has 0 aromatic carbocycles. The van der Waals surface area contributed by atoms with E-state index in [-0.39, 0.29) is 0 Å². The number of carbonyl (C=O) groups is 1. The fraction of sp³-hybridized carbons (Fsp3) is 0.889. The molecule has 0 saturated carbocycles. The third-order valence-corrected chi connectivity index (χ3v) is 5.90. The average Bonchev–Trinajstić information content (AvgIpc) is 2.71.